The summed E-state index contributed by atoms with van der Waals surface area (Å²) in [6.07, 6.45) is 3.58. The van der Waals surface area contributed by atoms with E-state index in [4.69, 9.17) is 23.2 Å². The third-order valence-corrected chi connectivity index (χ3v) is 4.32. The summed E-state index contributed by atoms with van der Waals surface area (Å²) >= 11 is 12.5. The van der Waals surface area contributed by atoms with E-state index < -0.39 is 0 Å². The van der Waals surface area contributed by atoms with E-state index in [-0.39, 0.29) is 24.8 Å². The highest BCUT2D eigenvalue weighted by Crippen LogP contribution is 2.33. The van der Waals surface area contributed by atoms with E-state index in [0.717, 1.165) is 42.6 Å². The maximum Gasteiger partial charge on any atom is 0.0454 e. The Morgan fingerprint density at radius 3 is 2.48 bits per heavy atom. The molecule has 1 aromatic carbocycles. The summed E-state index contributed by atoms with van der Waals surface area (Å²) in [4.78, 5) is 2.53. The molecule has 6 heteroatoms. The van der Waals surface area contributed by atoms with Gasteiger partial charge in [-0.25, -0.2) is 0 Å². The van der Waals surface area contributed by atoms with Crippen LogP contribution in [0.3, 0.4) is 0 Å². The van der Waals surface area contributed by atoms with Gasteiger partial charge in [-0.2, -0.15) is 0 Å². The standard InChI is InChI=1S/C15H22Cl2N2.2ClH/c1-2-3-4-15(19-9-7-18-8-10-19)13-11-12(16)5-6-14(13)17;;/h5-6,11,15,18H,2-4,7-10H2,1H3;2*1H/t15-;;/m0../s1. The summed E-state index contributed by atoms with van der Waals surface area (Å²) in [5.41, 5.74) is 1.18. The van der Waals surface area contributed by atoms with Crippen LogP contribution in [0.1, 0.15) is 37.8 Å². The van der Waals surface area contributed by atoms with Crippen molar-refractivity contribution in [3.8, 4) is 0 Å². The molecule has 1 saturated heterocycles. The van der Waals surface area contributed by atoms with Crippen LogP contribution in [0.25, 0.3) is 0 Å². The highest BCUT2D eigenvalue weighted by Gasteiger charge is 2.23. The maximum absolute atomic E-state index is 6.39. The van der Waals surface area contributed by atoms with Crippen molar-refractivity contribution < 1.29 is 0 Å². The molecular weight excluding hydrogens is 350 g/mol. The van der Waals surface area contributed by atoms with Gasteiger partial charge in [-0.05, 0) is 30.2 Å². The van der Waals surface area contributed by atoms with Crippen LogP contribution in [-0.2, 0) is 0 Å². The predicted octanol–water partition coefficient (Wildman–Crippen LogP) is 4.97. The third-order valence-electron chi connectivity index (χ3n) is 3.74. The highest BCUT2D eigenvalue weighted by molar-refractivity contribution is 6.33. The van der Waals surface area contributed by atoms with Crippen molar-refractivity contribution in [1.82, 2.24) is 10.2 Å². The molecule has 1 atom stereocenters. The number of nitrogens with zero attached hydrogens (tertiary/aromatic N) is 1. The van der Waals surface area contributed by atoms with Crippen molar-refractivity contribution in [2.24, 2.45) is 0 Å². The number of nitrogens with one attached hydrogen (secondary N) is 1. The van der Waals surface area contributed by atoms with Crippen LogP contribution in [0.5, 0.6) is 0 Å². The number of halogens is 4. The van der Waals surface area contributed by atoms with Crippen molar-refractivity contribution >= 4 is 48.0 Å². The van der Waals surface area contributed by atoms with Gasteiger partial charge in [-0.1, -0.05) is 43.0 Å². The quantitative estimate of drug-likeness (QED) is 0.783. The topological polar surface area (TPSA) is 15.3 Å². The van der Waals surface area contributed by atoms with Gasteiger partial charge in [-0.3, -0.25) is 4.90 Å². The van der Waals surface area contributed by atoms with Crippen LogP contribution >= 0.6 is 48.0 Å². The molecule has 0 spiro atoms. The molecule has 1 fully saturated rings. The van der Waals surface area contributed by atoms with E-state index in [1.54, 1.807) is 0 Å². The summed E-state index contributed by atoms with van der Waals surface area (Å²) in [7, 11) is 0. The summed E-state index contributed by atoms with van der Waals surface area (Å²) in [5.74, 6) is 0. The van der Waals surface area contributed by atoms with E-state index in [1.165, 1.54) is 18.4 Å². The van der Waals surface area contributed by atoms with Gasteiger partial charge in [0.2, 0.25) is 0 Å². The first kappa shape index (κ1) is 21.3. The number of hydrogen-bond donors (Lipinski definition) is 1. The summed E-state index contributed by atoms with van der Waals surface area (Å²) in [5, 5.41) is 5.01. The molecule has 21 heavy (non-hydrogen) atoms. The summed E-state index contributed by atoms with van der Waals surface area (Å²) < 4.78 is 0. The van der Waals surface area contributed by atoms with Gasteiger partial charge < -0.3 is 5.32 Å². The van der Waals surface area contributed by atoms with Gasteiger partial charge in [0.15, 0.2) is 0 Å². The van der Waals surface area contributed by atoms with Gasteiger partial charge in [0, 0.05) is 42.3 Å². The largest absolute Gasteiger partial charge is 0.314 e. The minimum atomic E-state index is 0. The Morgan fingerprint density at radius 2 is 1.86 bits per heavy atom. The number of benzene rings is 1. The van der Waals surface area contributed by atoms with Gasteiger partial charge in [-0.15, -0.1) is 24.8 Å². The second kappa shape index (κ2) is 10.9. The second-order valence-electron chi connectivity index (χ2n) is 5.11. The van der Waals surface area contributed by atoms with Gasteiger partial charge in [0.05, 0.1) is 0 Å². The molecule has 1 aromatic rings. The molecule has 1 heterocycles. The second-order valence-corrected chi connectivity index (χ2v) is 5.95. The highest BCUT2D eigenvalue weighted by atomic mass is 35.5. The molecule has 0 aromatic heterocycles. The predicted molar refractivity (Wildman–Crippen MR) is 97.7 cm³/mol. The fourth-order valence-electron chi connectivity index (χ4n) is 2.70. The number of rotatable bonds is 5. The van der Waals surface area contributed by atoms with Gasteiger partial charge >= 0.3 is 0 Å². The lowest BCUT2D eigenvalue weighted by molar-refractivity contribution is 0.163. The van der Waals surface area contributed by atoms with Crippen LogP contribution in [0, 0.1) is 0 Å². The van der Waals surface area contributed by atoms with E-state index in [0.29, 0.717) is 6.04 Å². The fourth-order valence-corrected chi connectivity index (χ4v) is 3.12. The molecule has 1 aliphatic heterocycles. The Bertz CT molecular complexity index is 409. The first-order chi connectivity index (χ1) is 9.22. The van der Waals surface area contributed by atoms with Crippen molar-refractivity contribution in [2.75, 3.05) is 26.2 Å². The molecule has 0 aliphatic carbocycles. The Morgan fingerprint density at radius 1 is 1.19 bits per heavy atom. The molecule has 2 nitrogen and oxygen atoms in total. The molecule has 0 saturated carbocycles. The molecule has 0 unspecified atom stereocenters. The first-order valence-corrected chi connectivity index (χ1v) is 7.87. The van der Waals surface area contributed by atoms with Crippen molar-refractivity contribution in [1.29, 1.82) is 0 Å². The fraction of sp³-hybridized carbons (Fsp3) is 0.600. The normalized spacial score (nSPS) is 16.7. The van der Waals surface area contributed by atoms with Crippen LogP contribution in [0.4, 0.5) is 0 Å². The zero-order chi connectivity index (χ0) is 13.7. The molecule has 0 radical (unpaired) electrons. The molecule has 1 aliphatic rings. The lowest BCUT2D eigenvalue weighted by Gasteiger charge is -2.35. The molecular formula is C15H24Cl4N2. The zero-order valence-electron chi connectivity index (χ0n) is 12.3. The van der Waals surface area contributed by atoms with E-state index >= 15 is 0 Å². The van der Waals surface area contributed by atoms with Gasteiger partial charge in [0.1, 0.15) is 0 Å². The first-order valence-electron chi connectivity index (χ1n) is 7.12. The third kappa shape index (κ3) is 6.13. The summed E-state index contributed by atoms with van der Waals surface area (Å²) in [6.45, 7) is 6.50. The lowest BCUT2D eigenvalue weighted by Crippen LogP contribution is -2.45. The van der Waals surface area contributed by atoms with E-state index in [9.17, 15) is 0 Å². The lowest BCUT2D eigenvalue weighted by atomic mass is 9.98. The maximum atomic E-state index is 6.39. The monoisotopic (exact) mass is 372 g/mol. The smallest absolute Gasteiger partial charge is 0.0454 e. The number of unbranched alkanes of at least 4 members (excludes halogenated alkanes) is 1. The van der Waals surface area contributed by atoms with E-state index in [1.807, 2.05) is 18.2 Å². The number of piperazine rings is 1. The van der Waals surface area contributed by atoms with Crippen LogP contribution in [0.15, 0.2) is 18.2 Å². The van der Waals surface area contributed by atoms with E-state index in [2.05, 4.69) is 17.1 Å². The van der Waals surface area contributed by atoms with Crippen molar-refractivity contribution in [3.63, 3.8) is 0 Å². The van der Waals surface area contributed by atoms with Crippen LogP contribution in [0.2, 0.25) is 10.0 Å². The molecule has 0 amide bonds. The number of hydrogen-bond acceptors (Lipinski definition) is 2. The summed E-state index contributed by atoms with van der Waals surface area (Å²) in [6, 6.07) is 6.21. The Labute approximate surface area is 150 Å². The SMILES string of the molecule is CCCC[C@@H](c1cc(Cl)ccc1Cl)N1CCNCC1.Cl.Cl. The van der Waals surface area contributed by atoms with Crippen molar-refractivity contribution in [3.05, 3.63) is 33.8 Å². The Kier molecular flexibility index (Phi) is 11.1. The molecule has 122 valence electrons. The average Bonchev–Trinajstić information content (AvgIpc) is 2.44. The average molecular weight is 374 g/mol. The van der Waals surface area contributed by atoms with Crippen LogP contribution < -0.4 is 5.32 Å². The minimum absolute atomic E-state index is 0. The van der Waals surface area contributed by atoms with Gasteiger partial charge in [0.25, 0.3) is 0 Å². The Balaban J connectivity index is 0.00000200. The minimum Gasteiger partial charge on any atom is -0.314 e. The zero-order valence-corrected chi connectivity index (χ0v) is 15.4. The van der Waals surface area contributed by atoms with Crippen molar-refractivity contribution in [2.45, 2.75) is 32.2 Å². The molecule has 1 N–H and O–H groups in total. The Hall–Kier alpha value is 0.300. The molecule has 2 rings (SSSR count). The van der Waals surface area contributed by atoms with Crippen LogP contribution in [-0.4, -0.2) is 31.1 Å². The molecule has 0 bridgehead atoms.